The number of carbonyl (C=O) groups is 2. The Morgan fingerprint density at radius 2 is 1.97 bits per heavy atom. The first-order valence-electron chi connectivity index (χ1n) is 10.4. The third-order valence-electron chi connectivity index (χ3n) is 5.47. The standard InChI is InChI=1S/C24H25N3O4/c1-3-30-23(28)21-19(26-24(29)27-22(21)20-12-7-13-31-20)14-25-15(2)17-11-6-9-16-8-4-5-10-18(16)17/h4-13,15,22,25H,3,14H2,1-2H3,(H2,26,27,29)/p+1/t15-,22-/m0/s1. The van der Waals surface area contributed by atoms with E-state index >= 15 is 0 Å². The summed E-state index contributed by atoms with van der Waals surface area (Å²) in [5.74, 6) is 0.00937. The number of esters is 1. The Morgan fingerprint density at radius 3 is 2.74 bits per heavy atom. The SMILES string of the molecule is CCOC(=O)C1=C(C[NH2+][C@@H](C)c2cccc3ccccc23)NC(=O)N[C@H]1c1ccco1. The van der Waals surface area contributed by atoms with Gasteiger partial charge in [0.2, 0.25) is 0 Å². The van der Waals surface area contributed by atoms with E-state index in [2.05, 4.69) is 47.1 Å². The van der Waals surface area contributed by atoms with Crippen LogP contribution in [-0.4, -0.2) is 25.2 Å². The van der Waals surface area contributed by atoms with Crippen LogP contribution in [0.4, 0.5) is 4.79 Å². The van der Waals surface area contributed by atoms with Crippen LogP contribution >= 0.6 is 0 Å². The molecule has 0 bridgehead atoms. The molecule has 0 saturated carbocycles. The van der Waals surface area contributed by atoms with Gasteiger partial charge in [-0.25, -0.2) is 9.59 Å². The summed E-state index contributed by atoms with van der Waals surface area (Å²) in [6, 6.07) is 17.0. The van der Waals surface area contributed by atoms with Gasteiger partial charge in [-0.15, -0.1) is 0 Å². The number of quaternary nitrogens is 1. The van der Waals surface area contributed by atoms with Crippen LogP contribution in [0, 0.1) is 0 Å². The van der Waals surface area contributed by atoms with Gasteiger partial charge in [-0.2, -0.15) is 0 Å². The molecule has 1 aromatic heterocycles. The predicted octanol–water partition coefficient (Wildman–Crippen LogP) is 2.93. The van der Waals surface area contributed by atoms with Crippen molar-refractivity contribution in [3.05, 3.63) is 83.5 Å². The molecule has 4 rings (SSSR count). The number of urea groups is 1. The van der Waals surface area contributed by atoms with Gasteiger partial charge < -0.3 is 25.1 Å². The molecule has 1 aliphatic rings. The maximum atomic E-state index is 12.8. The monoisotopic (exact) mass is 420 g/mol. The highest BCUT2D eigenvalue weighted by Gasteiger charge is 2.36. The summed E-state index contributed by atoms with van der Waals surface area (Å²) < 4.78 is 10.8. The molecule has 31 heavy (non-hydrogen) atoms. The molecule has 0 saturated heterocycles. The average Bonchev–Trinajstić information content (AvgIpc) is 3.31. The maximum absolute atomic E-state index is 12.8. The second kappa shape index (κ2) is 9.06. The fourth-order valence-electron chi connectivity index (χ4n) is 3.97. The van der Waals surface area contributed by atoms with Crippen molar-refractivity contribution in [2.75, 3.05) is 13.2 Å². The van der Waals surface area contributed by atoms with Crippen LogP contribution in [0.15, 0.2) is 76.5 Å². The summed E-state index contributed by atoms with van der Waals surface area (Å²) in [4.78, 5) is 25.1. The highest BCUT2D eigenvalue weighted by Crippen LogP contribution is 2.28. The maximum Gasteiger partial charge on any atom is 0.338 e. The van der Waals surface area contributed by atoms with Crippen molar-refractivity contribution in [3.63, 3.8) is 0 Å². The van der Waals surface area contributed by atoms with Gasteiger partial charge in [0.25, 0.3) is 0 Å². The lowest BCUT2D eigenvalue weighted by Crippen LogP contribution is -2.86. The second-order valence-electron chi connectivity index (χ2n) is 7.46. The number of amides is 2. The van der Waals surface area contributed by atoms with Gasteiger partial charge in [0.1, 0.15) is 24.4 Å². The first-order chi connectivity index (χ1) is 15.1. The Balaban J connectivity index is 1.64. The van der Waals surface area contributed by atoms with E-state index in [0.717, 1.165) is 0 Å². The van der Waals surface area contributed by atoms with Gasteiger partial charge in [-0.05, 0) is 36.8 Å². The molecule has 3 aromatic rings. The van der Waals surface area contributed by atoms with Crippen LogP contribution in [-0.2, 0) is 9.53 Å². The van der Waals surface area contributed by atoms with Crippen LogP contribution in [0.1, 0.15) is 37.3 Å². The summed E-state index contributed by atoms with van der Waals surface area (Å²) >= 11 is 0. The molecule has 160 valence electrons. The molecule has 0 fully saturated rings. The van der Waals surface area contributed by atoms with Gasteiger partial charge in [-0.1, -0.05) is 42.5 Å². The number of hydrogen-bond acceptors (Lipinski definition) is 4. The van der Waals surface area contributed by atoms with E-state index in [9.17, 15) is 9.59 Å². The number of hydrogen-bond donors (Lipinski definition) is 3. The van der Waals surface area contributed by atoms with Crippen molar-refractivity contribution in [1.82, 2.24) is 10.6 Å². The summed E-state index contributed by atoms with van der Waals surface area (Å²) in [5, 5.41) is 10.0. The molecule has 2 aromatic carbocycles. The third-order valence-corrected chi connectivity index (χ3v) is 5.47. The lowest BCUT2D eigenvalue weighted by Gasteiger charge is -2.27. The zero-order valence-corrected chi connectivity index (χ0v) is 17.6. The Hall–Kier alpha value is -3.58. The quantitative estimate of drug-likeness (QED) is 0.512. The molecule has 4 N–H and O–H groups in total. The summed E-state index contributed by atoms with van der Waals surface area (Å²) in [6.45, 7) is 4.51. The molecular weight excluding hydrogens is 394 g/mol. The van der Waals surface area contributed by atoms with Crippen molar-refractivity contribution in [2.24, 2.45) is 0 Å². The van der Waals surface area contributed by atoms with E-state index in [0.29, 0.717) is 23.6 Å². The molecular formula is C24H26N3O4+. The van der Waals surface area contributed by atoms with Gasteiger partial charge >= 0.3 is 12.0 Å². The van der Waals surface area contributed by atoms with Crippen molar-refractivity contribution in [3.8, 4) is 0 Å². The minimum atomic E-state index is -0.695. The number of benzene rings is 2. The van der Waals surface area contributed by atoms with Crippen molar-refractivity contribution >= 4 is 22.8 Å². The van der Waals surface area contributed by atoms with Crippen LogP contribution < -0.4 is 16.0 Å². The molecule has 2 heterocycles. The largest absolute Gasteiger partial charge is 0.467 e. The number of nitrogens with one attached hydrogen (secondary N) is 2. The zero-order valence-electron chi connectivity index (χ0n) is 17.6. The van der Waals surface area contributed by atoms with Crippen molar-refractivity contribution in [2.45, 2.75) is 25.9 Å². The Morgan fingerprint density at radius 1 is 1.16 bits per heavy atom. The number of nitrogens with two attached hydrogens (primary N) is 1. The minimum absolute atomic E-state index is 0.107. The molecule has 7 heteroatoms. The fraction of sp³-hybridized carbons (Fsp3) is 0.250. The first kappa shape index (κ1) is 20.7. The van der Waals surface area contributed by atoms with Crippen LogP contribution in [0.25, 0.3) is 10.8 Å². The normalized spacial score (nSPS) is 17.2. The fourth-order valence-corrected chi connectivity index (χ4v) is 3.97. The summed E-state index contributed by atoms with van der Waals surface area (Å²) in [5.41, 5.74) is 2.08. The van der Waals surface area contributed by atoms with E-state index in [4.69, 9.17) is 9.15 Å². The molecule has 7 nitrogen and oxygen atoms in total. The number of furan rings is 1. The van der Waals surface area contributed by atoms with Crippen molar-refractivity contribution < 1.29 is 24.1 Å². The average molecular weight is 420 g/mol. The molecule has 2 atom stereocenters. The third kappa shape index (κ3) is 4.32. The van der Waals surface area contributed by atoms with Gasteiger partial charge in [0.15, 0.2) is 0 Å². The minimum Gasteiger partial charge on any atom is -0.467 e. The number of carbonyl (C=O) groups excluding carboxylic acids is 2. The first-order valence-corrected chi connectivity index (χ1v) is 10.4. The van der Waals surface area contributed by atoms with E-state index < -0.39 is 12.0 Å². The van der Waals surface area contributed by atoms with Gasteiger partial charge in [0.05, 0.1) is 24.1 Å². The molecule has 0 spiro atoms. The lowest BCUT2D eigenvalue weighted by molar-refractivity contribution is -0.686. The van der Waals surface area contributed by atoms with Crippen LogP contribution in [0.3, 0.4) is 0 Å². The molecule has 0 radical (unpaired) electrons. The van der Waals surface area contributed by atoms with E-state index in [1.165, 1.54) is 22.6 Å². The van der Waals surface area contributed by atoms with Gasteiger partial charge in [0, 0.05) is 5.56 Å². The molecule has 0 aliphatic carbocycles. The smallest absolute Gasteiger partial charge is 0.338 e. The lowest BCUT2D eigenvalue weighted by atomic mass is 9.98. The van der Waals surface area contributed by atoms with Gasteiger partial charge in [-0.3, -0.25) is 0 Å². The van der Waals surface area contributed by atoms with Crippen LogP contribution in [0.2, 0.25) is 0 Å². The second-order valence-corrected chi connectivity index (χ2v) is 7.46. The predicted molar refractivity (Wildman–Crippen MR) is 116 cm³/mol. The Labute approximate surface area is 180 Å². The Bertz CT molecular complexity index is 1120. The molecule has 1 aliphatic heterocycles. The zero-order chi connectivity index (χ0) is 21.8. The Kier molecular flexibility index (Phi) is 6.04. The number of fused-ring (bicyclic) bond motifs is 1. The van der Waals surface area contributed by atoms with Crippen LogP contribution in [0.5, 0.6) is 0 Å². The van der Waals surface area contributed by atoms with E-state index in [1.54, 1.807) is 19.1 Å². The summed E-state index contributed by atoms with van der Waals surface area (Å²) in [7, 11) is 0. The molecule has 2 amide bonds. The van der Waals surface area contributed by atoms with E-state index in [1.807, 2.05) is 18.2 Å². The van der Waals surface area contributed by atoms with Crippen molar-refractivity contribution in [1.29, 1.82) is 0 Å². The molecule has 0 unspecified atom stereocenters. The number of rotatable bonds is 7. The highest BCUT2D eigenvalue weighted by molar-refractivity contribution is 5.95. The summed E-state index contributed by atoms with van der Waals surface area (Å²) in [6.07, 6.45) is 1.51. The topological polar surface area (TPSA) is 97.2 Å². The van der Waals surface area contributed by atoms with E-state index in [-0.39, 0.29) is 18.7 Å². The number of ether oxygens (including phenoxy) is 1. The highest BCUT2D eigenvalue weighted by atomic mass is 16.5.